The highest BCUT2D eigenvalue weighted by Crippen LogP contribution is 2.33. The van der Waals surface area contributed by atoms with Crippen molar-refractivity contribution in [1.29, 1.82) is 0 Å². The maximum Gasteiger partial charge on any atom is 0.0120 e. The molecule has 0 aromatic carbocycles. The van der Waals surface area contributed by atoms with Crippen molar-refractivity contribution in [3.05, 3.63) is 0 Å². The molecule has 3 atom stereocenters. The molecule has 76 valence electrons. The molecule has 1 heterocycles. The summed E-state index contributed by atoms with van der Waals surface area (Å²) in [6.45, 7) is 6.08. The molecule has 1 aliphatic carbocycles. The quantitative estimate of drug-likeness (QED) is 0.700. The van der Waals surface area contributed by atoms with Crippen LogP contribution in [0.4, 0.5) is 0 Å². The van der Waals surface area contributed by atoms with Gasteiger partial charge in [0.05, 0.1) is 0 Å². The predicted molar refractivity (Wildman–Crippen MR) is 55.5 cm³/mol. The highest BCUT2D eigenvalue weighted by Gasteiger charge is 2.36. The van der Waals surface area contributed by atoms with Crippen LogP contribution in [0.3, 0.4) is 0 Å². The molecule has 2 nitrogen and oxygen atoms in total. The third-order valence-corrected chi connectivity index (χ3v) is 3.76. The average molecular weight is 182 g/mol. The van der Waals surface area contributed by atoms with E-state index in [2.05, 4.69) is 11.8 Å². The van der Waals surface area contributed by atoms with Gasteiger partial charge in [-0.05, 0) is 37.6 Å². The topological polar surface area (TPSA) is 29.3 Å². The number of nitrogens with zero attached hydrogens (tertiary/aromatic N) is 1. The van der Waals surface area contributed by atoms with Gasteiger partial charge >= 0.3 is 0 Å². The monoisotopic (exact) mass is 182 g/mol. The zero-order valence-electron chi connectivity index (χ0n) is 8.71. The van der Waals surface area contributed by atoms with Gasteiger partial charge in [-0.15, -0.1) is 0 Å². The fourth-order valence-corrected chi connectivity index (χ4v) is 3.07. The molecule has 2 N–H and O–H groups in total. The van der Waals surface area contributed by atoms with Gasteiger partial charge in [-0.3, -0.25) is 0 Å². The molecule has 0 spiro atoms. The van der Waals surface area contributed by atoms with Crippen LogP contribution in [0.5, 0.6) is 0 Å². The first-order chi connectivity index (χ1) is 6.31. The second kappa shape index (κ2) is 3.97. The molecule has 2 rings (SSSR count). The van der Waals surface area contributed by atoms with E-state index in [4.69, 9.17) is 5.73 Å². The molecule has 2 aliphatic rings. The van der Waals surface area contributed by atoms with Crippen molar-refractivity contribution in [2.24, 2.45) is 17.6 Å². The van der Waals surface area contributed by atoms with Crippen molar-refractivity contribution in [2.75, 3.05) is 19.6 Å². The molecule has 2 fully saturated rings. The molecule has 0 aromatic heterocycles. The number of hydrogen-bond donors (Lipinski definition) is 1. The van der Waals surface area contributed by atoms with Gasteiger partial charge in [-0.25, -0.2) is 0 Å². The summed E-state index contributed by atoms with van der Waals surface area (Å²) in [6.07, 6.45) is 5.45. The van der Waals surface area contributed by atoms with E-state index in [9.17, 15) is 0 Å². The first kappa shape index (κ1) is 9.47. The lowest BCUT2D eigenvalue weighted by atomic mass is 9.74. The van der Waals surface area contributed by atoms with E-state index in [-0.39, 0.29) is 0 Å². The Morgan fingerprint density at radius 1 is 1.23 bits per heavy atom. The Balaban J connectivity index is 1.95. The summed E-state index contributed by atoms with van der Waals surface area (Å²) in [4.78, 5) is 2.62. The van der Waals surface area contributed by atoms with Crippen LogP contribution in [0.25, 0.3) is 0 Å². The molecule has 13 heavy (non-hydrogen) atoms. The van der Waals surface area contributed by atoms with Crippen LogP contribution in [0, 0.1) is 11.8 Å². The molecule has 0 radical (unpaired) electrons. The molecule has 2 heteroatoms. The van der Waals surface area contributed by atoms with Crippen LogP contribution in [0.1, 0.15) is 32.6 Å². The van der Waals surface area contributed by atoms with Crippen molar-refractivity contribution in [1.82, 2.24) is 4.90 Å². The largest absolute Gasteiger partial charge is 0.327 e. The van der Waals surface area contributed by atoms with Gasteiger partial charge in [-0.1, -0.05) is 13.3 Å². The van der Waals surface area contributed by atoms with Crippen LogP contribution in [0.15, 0.2) is 0 Å². The number of piperidine rings is 1. The van der Waals surface area contributed by atoms with Gasteiger partial charge in [0.25, 0.3) is 0 Å². The van der Waals surface area contributed by atoms with Gasteiger partial charge in [0.1, 0.15) is 0 Å². The van der Waals surface area contributed by atoms with Crippen molar-refractivity contribution in [2.45, 2.75) is 38.6 Å². The first-order valence-electron chi connectivity index (χ1n) is 5.79. The number of hydrogen-bond acceptors (Lipinski definition) is 2. The minimum Gasteiger partial charge on any atom is -0.327 e. The van der Waals surface area contributed by atoms with Gasteiger partial charge < -0.3 is 10.6 Å². The molecule has 1 saturated carbocycles. The minimum absolute atomic E-state index is 0.516. The van der Waals surface area contributed by atoms with Gasteiger partial charge in [0.2, 0.25) is 0 Å². The lowest BCUT2D eigenvalue weighted by Gasteiger charge is -2.45. The molecule has 1 saturated heterocycles. The Labute approximate surface area is 81.5 Å². The fraction of sp³-hybridized carbons (Fsp3) is 1.00. The minimum atomic E-state index is 0.516. The van der Waals surface area contributed by atoms with Crippen molar-refractivity contribution >= 4 is 0 Å². The number of rotatable bonds is 2. The third kappa shape index (κ3) is 1.89. The standard InChI is InChI=1S/C11H22N2/c1-2-6-13-7-9-4-3-5-10(8-13)11(9)12/h9-11H,2-8,12H2,1H3/t9-,10+,11?. The Hall–Kier alpha value is -0.0800. The fourth-order valence-electron chi connectivity index (χ4n) is 3.07. The van der Waals surface area contributed by atoms with E-state index >= 15 is 0 Å². The summed E-state index contributed by atoms with van der Waals surface area (Å²) in [5.74, 6) is 1.61. The summed E-state index contributed by atoms with van der Waals surface area (Å²) < 4.78 is 0. The number of likely N-dealkylation sites (tertiary alicyclic amines) is 1. The van der Waals surface area contributed by atoms with Crippen molar-refractivity contribution in [3.63, 3.8) is 0 Å². The number of nitrogens with two attached hydrogens (primary N) is 1. The summed E-state index contributed by atoms with van der Waals surface area (Å²) >= 11 is 0. The zero-order chi connectivity index (χ0) is 9.26. The van der Waals surface area contributed by atoms with Gasteiger partial charge in [-0.2, -0.15) is 0 Å². The smallest absolute Gasteiger partial charge is 0.0120 e. The summed E-state index contributed by atoms with van der Waals surface area (Å²) in [6, 6.07) is 0.516. The van der Waals surface area contributed by atoms with E-state index in [1.54, 1.807) is 0 Å². The van der Waals surface area contributed by atoms with E-state index in [1.165, 1.54) is 45.3 Å². The Kier molecular flexibility index (Phi) is 2.89. The van der Waals surface area contributed by atoms with Gasteiger partial charge in [0.15, 0.2) is 0 Å². The van der Waals surface area contributed by atoms with Gasteiger partial charge in [0, 0.05) is 19.1 Å². The Morgan fingerprint density at radius 2 is 1.85 bits per heavy atom. The van der Waals surface area contributed by atoms with Crippen LogP contribution < -0.4 is 5.73 Å². The summed E-state index contributed by atoms with van der Waals surface area (Å²) in [5.41, 5.74) is 6.22. The Bertz CT molecular complexity index is 155. The van der Waals surface area contributed by atoms with Crippen LogP contribution in [0.2, 0.25) is 0 Å². The zero-order valence-corrected chi connectivity index (χ0v) is 8.71. The van der Waals surface area contributed by atoms with Crippen molar-refractivity contribution < 1.29 is 0 Å². The molecule has 0 aromatic rings. The molecular formula is C11H22N2. The highest BCUT2D eigenvalue weighted by atomic mass is 15.1. The van der Waals surface area contributed by atoms with E-state index in [1.807, 2.05) is 0 Å². The lowest BCUT2D eigenvalue weighted by molar-refractivity contribution is 0.0640. The summed E-state index contributed by atoms with van der Waals surface area (Å²) in [7, 11) is 0. The van der Waals surface area contributed by atoms with E-state index < -0.39 is 0 Å². The molecule has 0 amide bonds. The average Bonchev–Trinajstić information content (AvgIpc) is 2.07. The van der Waals surface area contributed by atoms with Crippen LogP contribution in [-0.2, 0) is 0 Å². The van der Waals surface area contributed by atoms with Crippen LogP contribution in [-0.4, -0.2) is 30.6 Å². The number of fused-ring (bicyclic) bond motifs is 2. The van der Waals surface area contributed by atoms with E-state index in [0.29, 0.717) is 6.04 Å². The molecule has 1 unspecified atom stereocenters. The molecule has 1 aliphatic heterocycles. The maximum absolute atomic E-state index is 6.22. The normalized spacial score (nSPS) is 40.6. The van der Waals surface area contributed by atoms with Crippen LogP contribution >= 0.6 is 0 Å². The highest BCUT2D eigenvalue weighted by molar-refractivity contribution is 4.92. The Morgan fingerprint density at radius 3 is 2.38 bits per heavy atom. The molecule has 2 bridgehead atoms. The predicted octanol–water partition coefficient (Wildman–Crippen LogP) is 1.46. The first-order valence-corrected chi connectivity index (χ1v) is 5.79. The second-order valence-electron chi connectivity index (χ2n) is 4.79. The SMILES string of the molecule is CCCN1C[C@H]2CCC[C@@H](C1)C2N. The maximum atomic E-state index is 6.22. The van der Waals surface area contributed by atoms with Crippen molar-refractivity contribution in [3.8, 4) is 0 Å². The third-order valence-electron chi connectivity index (χ3n) is 3.76. The second-order valence-corrected chi connectivity index (χ2v) is 4.79. The van der Waals surface area contributed by atoms with E-state index in [0.717, 1.165) is 11.8 Å². The molecular weight excluding hydrogens is 160 g/mol. The lowest BCUT2D eigenvalue weighted by Crippen LogP contribution is -2.55. The summed E-state index contributed by atoms with van der Waals surface area (Å²) in [5, 5.41) is 0.